The van der Waals surface area contributed by atoms with E-state index in [9.17, 15) is 19.7 Å². The van der Waals surface area contributed by atoms with Crippen molar-refractivity contribution in [1.29, 1.82) is 0 Å². The first kappa shape index (κ1) is 19.4. The number of amides is 1. The summed E-state index contributed by atoms with van der Waals surface area (Å²) in [5.41, 5.74) is 2.15. The van der Waals surface area contributed by atoms with Crippen molar-refractivity contribution in [3.05, 3.63) is 63.3 Å². The highest BCUT2D eigenvalue weighted by Gasteiger charge is 2.32. The number of hydrogen-bond donors (Lipinski definition) is 0. The van der Waals surface area contributed by atoms with Gasteiger partial charge in [0.2, 0.25) is 0 Å². The van der Waals surface area contributed by atoms with Crippen LogP contribution in [0, 0.1) is 10.1 Å². The fraction of sp³-hybridized carbons (Fsp3) is 0.238. The van der Waals surface area contributed by atoms with Gasteiger partial charge in [-0.05, 0) is 36.2 Å². The predicted molar refractivity (Wildman–Crippen MR) is 108 cm³/mol. The molecule has 1 aromatic heterocycles. The molecule has 1 aliphatic heterocycles. The van der Waals surface area contributed by atoms with E-state index in [1.165, 1.54) is 31.4 Å². The Kier molecular flexibility index (Phi) is 4.65. The van der Waals surface area contributed by atoms with Crippen LogP contribution in [0.15, 0.2) is 36.4 Å². The van der Waals surface area contributed by atoms with Gasteiger partial charge in [-0.15, -0.1) is 0 Å². The molecule has 0 bridgehead atoms. The minimum Gasteiger partial charge on any atom is -0.495 e. The van der Waals surface area contributed by atoms with Gasteiger partial charge >= 0.3 is 5.97 Å². The second-order valence-electron chi connectivity index (χ2n) is 7.04. The third-order valence-electron chi connectivity index (χ3n) is 5.34. The number of benzene rings is 2. The molecule has 154 valence electrons. The minimum absolute atomic E-state index is 0.0959. The quantitative estimate of drug-likeness (QED) is 0.284. The Morgan fingerprint density at radius 3 is 2.47 bits per heavy atom. The van der Waals surface area contributed by atoms with E-state index in [1.807, 2.05) is 0 Å². The van der Waals surface area contributed by atoms with Crippen LogP contribution in [0.2, 0.25) is 0 Å². The van der Waals surface area contributed by atoms with Crippen LogP contribution in [-0.2, 0) is 13.5 Å². The van der Waals surface area contributed by atoms with Crippen molar-refractivity contribution in [1.82, 2.24) is 9.47 Å². The number of ether oxygens (including phenoxy) is 2. The van der Waals surface area contributed by atoms with E-state index in [4.69, 9.17) is 9.47 Å². The van der Waals surface area contributed by atoms with Gasteiger partial charge in [0, 0.05) is 38.2 Å². The van der Waals surface area contributed by atoms with Gasteiger partial charge in [-0.2, -0.15) is 0 Å². The Morgan fingerprint density at radius 1 is 1.13 bits per heavy atom. The van der Waals surface area contributed by atoms with E-state index in [1.54, 1.807) is 35.7 Å². The number of rotatable bonds is 4. The maximum Gasteiger partial charge on any atom is 0.344 e. The summed E-state index contributed by atoms with van der Waals surface area (Å²) in [5, 5.41) is 11.4. The molecule has 0 fully saturated rings. The van der Waals surface area contributed by atoms with E-state index in [-0.39, 0.29) is 17.3 Å². The van der Waals surface area contributed by atoms with Gasteiger partial charge in [0.1, 0.15) is 17.2 Å². The topological polar surface area (TPSA) is 104 Å². The number of aryl methyl sites for hydroxylation is 1. The molecule has 0 N–H and O–H groups in total. The lowest BCUT2D eigenvalue weighted by Crippen LogP contribution is -2.35. The SMILES string of the molecule is COc1ccc(C(=O)Oc2ccc([N+](=O)[O-])cc2)c2c3c(n(C)c12)C(=O)N(C)CC3. The number of carbonyl (C=O) groups excluding carboxylic acids is 2. The van der Waals surface area contributed by atoms with E-state index in [2.05, 4.69) is 0 Å². The molecule has 30 heavy (non-hydrogen) atoms. The number of nitro groups is 1. The van der Waals surface area contributed by atoms with Crippen LogP contribution >= 0.6 is 0 Å². The molecule has 2 heterocycles. The summed E-state index contributed by atoms with van der Waals surface area (Å²) in [7, 11) is 5.04. The number of carbonyl (C=O) groups is 2. The second-order valence-corrected chi connectivity index (χ2v) is 7.04. The molecule has 0 aliphatic carbocycles. The van der Waals surface area contributed by atoms with Crippen LogP contribution in [0.25, 0.3) is 10.9 Å². The number of aromatic nitrogens is 1. The zero-order chi connectivity index (χ0) is 21.6. The van der Waals surface area contributed by atoms with Crippen LogP contribution in [0.4, 0.5) is 5.69 Å². The van der Waals surface area contributed by atoms with Gasteiger partial charge in [0.25, 0.3) is 11.6 Å². The normalized spacial score (nSPS) is 13.3. The van der Waals surface area contributed by atoms with Crippen LogP contribution in [0.5, 0.6) is 11.5 Å². The molecule has 3 aromatic rings. The summed E-state index contributed by atoms with van der Waals surface area (Å²) in [6.45, 7) is 0.541. The first-order valence-corrected chi connectivity index (χ1v) is 9.23. The van der Waals surface area contributed by atoms with Gasteiger partial charge < -0.3 is 18.9 Å². The van der Waals surface area contributed by atoms with Crippen LogP contribution in [-0.4, -0.2) is 47.0 Å². The van der Waals surface area contributed by atoms with Crippen LogP contribution in [0.3, 0.4) is 0 Å². The van der Waals surface area contributed by atoms with Crippen molar-refractivity contribution in [2.75, 3.05) is 20.7 Å². The third-order valence-corrected chi connectivity index (χ3v) is 5.34. The third kappa shape index (κ3) is 2.95. The highest BCUT2D eigenvalue weighted by Crippen LogP contribution is 2.37. The largest absolute Gasteiger partial charge is 0.495 e. The number of fused-ring (bicyclic) bond motifs is 3. The molecule has 0 spiro atoms. The Hall–Kier alpha value is -3.88. The lowest BCUT2D eigenvalue weighted by atomic mass is 9.99. The highest BCUT2D eigenvalue weighted by atomic mass is 16.6. The molecule has 2 aromatic carbocycles. The lowest BCUT2D eigenvalue weighted by molar-refractivity contribution is -0.384. The molecular formula is C21H19N3O6. The van der Waals surface area contributed by atoms with Crippen LogP contribution < -0.4 is 9.47 Å². The van der Waals surface area contributed by atoms with Crippen molar-refractivity contribution in [3.8, 4) is 11.5 Å². The van der Waals surface area contributed by atoms with Crippen molar-refractivity contribution < 1.29 is 24.0 Å². The molecule has 1 amide bonds. The number of esters is 1. The molecule has 0 atom stereocenters. The molecule has 0 saturated carbocycles. The Morgan fingerprint density at radius 2 is 1.83 bits per heavy atom. The average Bonchev–Trinajstić information content (AvgIpc) is 3.04. The van der Waals surface area contributed by atoms with Crippen molar-refractivity contribution in [2.24, 2.45) is 7.05 Å². The van der Waals surface area contributed by atoms with Gasteiger partial charge in [0.05, 0.1) is 23.1 Å². The number of non-ortho nitro benzene ring substituents is 1. The number of likely N-dealkylation sites (N-methyl/N-ethyl adjacent to an activating group) is 1. The Balaban J connectivity index is 1.82. The van der Waals surface area contributed by atoms with E-state index >= 15 is 0 Å². The molecule has 0 saturated heterocycles. The summed E-state index contributed by atoms with van der Waals surface area (Å²) in [4.78, 5) is 37.7. The minimum atomic E-state index is -0.615. The number of nitro benzene ring substituents is 1. The van der Waals surface area contributed by atoms with Crippen molar-refractivity contribution in [3.63, 3.8) is 0 Å². The van der Waals surface area contributed by atoms with Crippen molar-refractivity contribution in [2.45, 2.75) is 6.42 Å². The lowest BCUT2D eigenvalue weighted by Gasteiger charge is -2.23. The van der Waals surface area contributed by atoms with Crippen molar-refractivity contribution >= 4 is 28.5 Å². The molecular weight excluding hydrogens is 390 g/mol. The summed E-state index contributed by atoms with van der Waals surface area (Å²) in [6, 6.07) is 8.55. The Labute approximate surface area is 171 Å². The summed E-state index contributed by atoms with van der Waals surface area (Å²) < 4.78 is 12.7. The van der Waals surface area contributed by atoms with Gasteiger partial charge in [-0.1, -0.05) is 0 Å². The van der Waals surface area contributed by atoms with E-state index in [0.717, 1.165) is 5.56 Å². The maximum atomic E-state index is 13.0. The van der Waals surface area contributed by atoms with E-state index in [0.29, 0.717) is 40.9 Å². The molecule has 4 rings (SSSR count). The monoisotopic (exact) mass is 409 g/mol. The number of nitrogens with zero attached hydrogens (tertiary/aromatic N) is 3. The molecule has 0 unspecified atom stereocenters. The molecule has 9 nitrogen and oxygen atoms in total. The molecule has 1 aliphatic rings. The fourth-order valence-electron chi connectivity index (χ4n) is 3.85. The van der Waals surface area contributed by atoms with Gasteiger partial charge in [-0.25, -0.2) is 4.79 Å². The number of hydrogen-bond acceptors (Lipinski definition) is 6. The highest BCUT2D eigenvalue weighted by molar-refractivity contribution is 6.12. The smallest absolute Gasteiger partial charge is 0.344 e. The second kappa shape index (κ2) is 7.18. The zero-order valence-corrected chi connectivity index (χ0v) is 16.7. The maximum absolute atomic E-state index is 13.0. The average molecular weight is 409 g/mol. The van der Waals surface area contributed by atoms with Gasteiger partial charge in [0.15, 0.2) is 0 Å². The van der Waals surface area contributed by atoms with Gasteiger partial charge in [-0.3, -0.25) is 14.9 Å². The fourth-order valence-corrected chi connectivity index (χ4v) is 3.85. The first-order chi connectivity index (χ1) is 14.3. The van der Waals surface area contributed by atoms with Crippen LogP contribution in [0.1, 0.15) is 26.4 Å². The first-order valence-electron chi connectivity index (χ1n) is 9.23. The summed E-state index contributed by atoms with van der Waals surface area (Å²) in [6.07, 6.45) is 0.597. The molecule has 9 heteroatoms. The predicted octanol–water partition coefficient (Wildman–Crippen LogP) is 2.94. The zero-order valence-electron chi connectivity index (χ0n) is 16.7. The standard InChI is InChI=1S/C21H19N3O6/c1-22-11-10-14-17-15(21(26)30-13-6-4-12(5-7-13)24(27)28)8-9-16(29-3)19(17)23(2)18(14)20(22)25/h4-9H,10-11H2,1-3H3. The summed E-state index contributed by atoms with van der Waals surface area (Å²) >= 11 is 0. The Bertz CT molecular complexity index is 1200. The van der Waals surface area contributed by atoms with E-state index < -0.39 is 10.9 Å². The number of methoxy groups -OCH3 is 1. The summed E-state index contributed by atoms with van der Waals surface area (Å²) in [5.74, 6) is 0.00221. The molecule has 0 radical (unpaired) electrons.